The van der Waals surface area contributed by atoms with Crippen LogP contribution in [0.15, 0.2) is 11.1 Å². The van der Waals surface area contributed by atoms with Crippen LogP contribution in [0.4, 0.5) is 0 Å². The van der Waals surface area contributed by atoms with E-state index >= 15 is 0 Å². The summed E-state index contributed by atoms with van der Waals surface area (Å²) in [5, 5.41) is 10.6. The lowest BCUT2D eigenvalue weighted by Gasteiger charge is -2.42. The van der Waals surface area contributed by atoms with Crippen LogP contribution in [0.2, 0.25) is 0 Å². The Kier molecular flexibility index (Phi) is 1.86. The molecule has 3 aliphatic carbocycles. The SMILES string of the molecule is CC1(C)CC2=C(C1)[C@]1(C)CC[C@@](C)(C2)[C@H]1O. The zero-order valence-corrected chi connectivity index (χ0v) is 11.1. The van der Waals surface area contributed by atoms with Crippen molar-refractivity contribution in [1.29, 1.82) is 0 Å². The van der Waals surface area contributed by atoms with Crippen LogP contribution >= 0.6 is 0 Å². The molecular formula is C15H24O. The standard InChI is InChI=1S/C15H24O/c1-13(2)7-10-8-14(3)5-6-15(4,12(14)16)11(10)9-13/h12,16H,5-9H2,1-4H3/t12-,14+,15+/m1/s1. The molecule has 1 N–H and O–H groups in total. The number of rotatable bonds is 0. The minimum atomic E-state index is -0.104. The van der Waals surface area contributed by atoms with Gasteiger partial charge in [-0.25, -0.2) is 0 Å². The molecule has 3 atom stereocenters. The fraction of sp³-hybridized carbons (Fsp3) is 0.867. The van der Waals surface area contributed by atoms with E-state index in [2.05, 4.69) is 27.7 Å². The molecule has 90 valence electrons. The Morgan fingerprint density at radius 2 is 1.69 bits per heavy atom. The molecule has 0 aromatic rings. The number of allylic oxidation sites excluding steroid dienone is 1. The fourth-order valence-electron chi connectivity index (χ4n) is 4.70. The summed E-state index contributed by atoms with van der Waals surface area (Å²) in [6.45, 7) is 9.34. The van der Waals surface area contributed by atoms with Crippen molar-refractivity contribution < 1.29 is 5.11 Å². The van der Waals surface area contributed by atoms with E-state index in [9.17, 15) is 5.11 Å². The van der Waals surface area contributed by atoms with Gasteiger partial charge in [0.05, 0.1) is 6.10 Å². The van der Waals surface area contributed by atoms with E-state index in [1.807, 2.05) is 0 Å². The number of hydrogen-bond acceptors (Lipinski definition) is 1. The summed E-state index contributed by atoms with van der Waals surface area (Å²) in [6, 6.07) is 0. The van der Waals surface area contributed by atoms with Gasteiger partial charge in [0.15, 0.2) is 0 Å². The highest BCUT2D eigenvalue weighted by Gasteiger charge is 2.59. The van der Waals surface area contributed by atoms with Crippen molar-refractivity contribution >= 4 is 0 Å². The van der Waals surface area contributed by atoms with Crippen molar-refractivity contribution in [2.45, 2.75) is 65.9 Å². The van der Waals surface area contributed by atoms with Crippen LogP contribution in [0.1, 0.15) is 59.8 Å². The van der Waals surface area contributed by atoms with E-state index in [1.165, 1.54) is 25.7 Å². The monoisotopic (exact) mass is 220 g/mol. The molecule has 0 spiro atoms. The molecule has 0 radical (unpaired) electrons. The average Bonchev–Trinajstić information content (AvgIpc) is 2.54. The molecule has 0 aromatic heterocycles. The van der Waals surface area contributed by atoms with Gasteiger partial charge >= 0.3 is 0 Å². The van der Waals surface area contributed by atoms with Crippen molar-refractivity contribution in [3.8, 4) is 0 Å². The normalized spacial score (nSPS) is 49.7. The first-order valence-electron chi connectivity index (χ1n) is 6.66. The van der Waals surface area contributed by atoms with Gasteiger partial charge in [-0.3, -0.25) is 0 Å². The second kappa shape index (κ2) is 2.75. The van der Waals surface area contributed by atoms with Gasteiger partial charge in [-0.2, -0.15) is 0 Å². The van der Waals surface area contributed by atoms with Crippen molar-refractivity contribution in [1.82, 2.24) is 0 Å². The van der Waals surface area contributed by atoms with Crippen molar-refractivity contribution in [3.05, 3.63) is 11.1 Å². The number of aliphatic hydroxyl groups excluding tert-OH is 1. The lowest BCUT2D eigenvalue weighted by Crippen LogP contribution is -2.41. The molecule has 0 unspecified atom stereocenters. The van der Waals surface area contributed by atoms with Crippen LogP contribution in [0.25, 0.3) is 0 Å². The van der Waals surface area contributed by atoms with E-state index in [0.717, 1.165) is 6.42 Å². The van der Waals surface area contributed by atoms with E-state index in [-0.39, 0.29) is 16.9 Å². The van der Waals surface area contributed by atoms with E-state index < -0.39 is 0 Å². The third kappa shape index (κ3) is 1.16. The summed E-state index contributed by atoms with van der Waals surface area (Å²) in [4.78, 5) is 0. The Morgan fingerprint density at radius 3 is 2.38 bits per heavy atom. The maximum absolute atomic E-state index is 10.6. The highest BCUT2D eigenvalue weighted by Crippen LogP contribution is 2.65. The molecule has 0 saturated heterocycles. The third-order valence-corrected chi connectivity index (χ3v) is 5.56. The minimum Gasteiger partial charge on any atom is -0.392 e. The topological polar surface area (TPSA) is 20.2 Å². The zero-order chi connectivity index (χ0) is 11.8. The Labute approximate surface area is 98.9 Å². The fourth-order valence-corrected chi connectivity index (χ4v) is 4.70. The second-order valence-electron chi connectivity index (χ2n) is 7.75. The van der Waals surface area contributed by atoms with Gasteiger partial charge in [0.2, 0.25) is 0 Å². The summed E-state index contributed by atoms with van der Waals surface area (Å²) in [5.74, 6) is 0. The lowest BCUT2D eigenvalue weighted by atomic mass is 9.66. The van der Waals surface area contributed by atoms with Gasteiger partial charge in [-0.1, -0.05) is 38.8 Å². The Bertz CT molecular complexity index is 379. The van der Waals surface area contributed by atoms with Crippen LogP contribution in [-0.2, 0) is 0 Å². The highest BCUT2D eigenvalue weighted by molar-refractivity contribution is 5.37. The first-order chi connectivity index (χ1) is 7.27. The van der Waals surface area contributed by atoms with Crippen LogP contribution < -0.4 is 0 Å². The lowest BCUT2D eigenvalue weighted by molar-refractivity contribution is -0.00243. The van der Waals surface area contributed by atoms with Crippen molar-refractivity contribution in [2.24, 2.45) is 16.2 Å². The first kappa shape index (κ1) is 10.8. The molecular weight excluding hydrogens is 196 g/mol. The number of aliphatic hydroxyl groups is 1. The smallest absolute Gasteiger partial charge is 0.0687 e. The average molecular weight is 220 g/mol. The van der Waals surface area contributed by atoms with Gasteiger partial charge < -0.3 is 5.11 Å². The van der Waals surface area contributed by atoms with Gasteiger partial charge in [-0.15, -0.1) is 0 Å². The van der Waals surface area contributed by atoms with Gasteiger partial charge in [-0.05, 0) is 42.9 Å². The highest BCUT2D eigenvalue weighted by atomic mass is 16.3. The molecule has 2 bridgehead atoms. The summed E-state index contributed by atoms with van der Waals surface area (Å²) in [6.07, 6.45) is 5.93. The summed E-state index contributed by atoms with van der Waals surface area (Å²) >= 11 is 0. The van der Waals surface area contributed by atoms with Crippen LogP contribution in [-0.4, -0.2) is 11.2 Å². The molecule has 3 aliphatic rings. The maximum atomic E-state index is 10.6. The number of fused-ring (bicyclic) bond motifs is 3. The van der Waals surface area contributed by atoms with Crippen LogP contribution in [0, 0.1) is 16.2 Å². The molecule has 1 saturated carbocycles. The molecule has 0 aliphatic heterocycles. The molecule has 0 amide bonds. The molecule has 1 heteroatoms. The van der Waals surface area contributed by atoms with Gasteiger partial charge in [0.1, 0.15) is 0 Å². The number of hydrogen-bond donors (Lipinski definition) is 1. The van der Waals surface area contributed by atoms with Gasteiger partial charge in [0.25, 0.3) is 0 Å². The quantitative estimate of drug-likeness (QED) is 0.617. The largest absolute Gasteiger partial charge is 0.392 e. The molecule has 3 rings (SSSR count). The zero-order valence-electron chi connectivity index (χ0n) is 11.1. The molecule has 0 aromatic carbocycles. The van der Waals surface area contributed by atoms with E-state index in [1.54, 1.807) is 11.1 Å². The third-order valence-electron chi connectivity index (χ3n) is 5.56. The van der Waals surface area contributed by atoms with Gasteiger partial charge in [0, 0.05) is 5.41 Å². The molecule has 16 heavy (non-hydrogen) atoms. The minimum absolute atomic E-state index is 0.104. The Hall–Kier alpha value is -0.300. The molecule has 1 fully saturated rings. The van der Waals surface area contributed by atoms with E-state index in [4.69, 9.17) is 0 Å². The Morgan fingerprint density at radius 1 is 1.00 bits per heavy atom. The van der Waals surface area contributed by atoms with Crippen molar-refractivity contribution in [3.63, 3.8) is 0 Å². The summed E-state index contributed by atoms with van der Waals surface area (Å²) < 4.78 is 0. The van der Waals surface area contributed by atoms with Crippen LogP contribution in [0.3, 0.4) is 0 Å². The predicted molar refractivity (Wildman–Crippen MR) is 66.1 cm³/mol. The Balaban J connectivity index is 2.07. The van der Waals surface area contributed by atoms with Crippen molar-refractivity contribution in [2.75, 3.05) is 0 Å². The maximum Gasteiger partial charge on any atom is 0.0687 e. The first-order valence-corrected chi connectivity index (χ1v) is 6.66. The molecule has 1 nitrogen and oxygen atoms in total. The predicted octanol–water partition coefficient (Wildman–Crippen LogP) is 3.67. The summed E-state index contributed by atoms with van der Waals surface area (Å²) in [5.41, 5.74) is 4.04. The van der Waals surface area contributed by atoms with Crippen LogP contribution in [0.5, 0.6) is 0 Å². The molecule has 0 heterocycles. The summed E-state index contributed by atoms with van der Waals surface area (Å²) in [7, 11) is 0. The van der Waals surface area contributed by atoms with E-state index in [0.29, 0.717) is 5.41 Å². The second-order valence-corrected chi connectivity index (χ2v) is 7.75.